The van der Waals surface area contributed by atoms with Crippen LogP contribution in [0, 0.1) is 0 Å². The van der Waals surface area contributed by atoms with Gasteiger partial charge in [-0.15, -0.1) is 0 Å². The van der Waals surface area contributed by atoms with E-state index in [0.29, 0.717) is 12.0 Å². The number of nitrogens with one attached hydrogen (secondary N) is 1. The minimum Gasteiger partial charge on any atom is -0.508 e. The van der Waals surface area contributed by atoms with Crippen LogP contribution in [0.3, 0.4) is 0 Å². The molecule has 0 radical (unpaired) electrons. The molecule has 0 aliphatic heterocycles. The SMILES string of the molecule is O=C(/C=C/c1ccc(O)c(O)c1)OCCc1c[nH]c2ccc(O)cc12. The Kier molecular flexibility index (Phi) is 4.61. The number of benzene rings is 2. The summed E-state index contributed by atoms with van der Waals surface area (Å²) in [6, 6.07) is 9.31. The molecule has 0 aliphatic carbocycles. The van der Waals surface area contributed by atoms with Gasteiger partial charge in [0.15, 0.2) is 11.5 Å². The molecule has 0 atom stereocenters. The lowest BCUT2D eigenvalue weighted by atomic mass is 10.1. The molecule has 0 saturated heterocycles. The molecular formula is C19H17NO5. The summed E-state index contributed by atoms with van der Waals surface area (Å²) < 4.78 is 5.16. The number of fused-ring (bicyclic) bond motifs is 1. The molecule has 1 aromatic heterocycles. The summed E-state index contributed by atoms with van der Waals surface area (Å²) in [6.45, 7) is 0.201. The predicted molar refractivity (Wildman–Crippen MR) is 93.4 cm³/mol. The van der Waals surface area contributed by atoms with Gasteiger partial charge in [-0.3, -0.25) is 0 Å². The van der Waals surface area contributed by atoms with Crippen LogP contribution < -0.4 is 0 Å². The first-order chi connectivity index (χ1) is 12.0. The Balaban J connectivity index is 1.56. The summed E-state index contributed by atoms with van der Waals surface area (Å²) >= 11 is 0. The van der Waals surface area contributed by atoms with Gasteiger partial charge in [-0.25, -0.2) is 4.79 Å². The van der Waals surface area contributed by atoms with Crippen LogP contribution in [0.1, 0.15) is 11.1 Å². The summed E-state index contributed by atoms with van der Waals surface area (Å²) in [4.78, 5) is 14.8. The van der Waals surface area contributed by atoms with Crippen molar-refractivity contribution in [2.45, 2.75) is 6.42 Å². The van der Waals surface area contributed by atoms with Crippen LogP contribution in [0.4, 0.5) is 0 Å². The van der Waals surface area contributed by atoms with Crippen LogP contribution in [0.2, 0.25) is 0 Å². The zero-order chi connectivity index (χ0) is 17.8. The molecule has 1 heterocycles. The van der Waals surface area contributed by atoms with E-state index in [2.05, 4.69) is 4.98 Å². The van der Waals surface area contributed by atoms with Crippen LogP contribution in [-0.2, 0) is 16.0 Å². The number of esters is 1. The second-order valence-electron chi connectivity index (χ2n) is 5.54. The number of carbonyl (C=O) groups excluding carboxylic acids is 1. The maximum Gasteiger partial charge on any atom is 0.330 e. The summed E-state index contributed by atoms with van der Waals surface area (Å²) in [7, 11) is 0. The standard InChI is InChI=1S/C19H17NO5/c21-14-3-4-16-15(10-14)13(11-20-16)7-8-25-19(24)6-2-12-1-5-17(22)18(23)9-12/h1-6,9-11,20-23H,7-8H2/b6-2+. The van der Waals surface area contributed by atoms with E-state index in [4.69, 9.17) is 4.74 Å². The quantitative estimate of drug-likeness (QED) is 0.325. The zero-order valence-electron chi connectivity index (χ0n) is 13.3. The third-order valence-corrected chi connectivity index (χ3v) is 3.78. The number of aromatic amines is 1. The van der Waals surface area contributed by atoms with Crippen molar-refractivity contribution in [2.75, 3.05) is 6.61 Å². The van der Waals surface area contributed by atoms with Crippen molar-refractivity contribution in [3.8, 4) is 17.2 Å². The Bertz CT molecular complexity index is 942. The molecular weight excluding hydrogens is 322 g/mol. The normalized spacial score (nSPS) is 11.2. The second kappa shape index (κ2) is 7.00. The second-order valence-corrected chi connectivity index (χ2v) is 5.54. The van der Waals surface area contributed by atoms with Crippen molar-refractivity contribution in [1.29, 1.82) is 0 Å². The molecule has 0 spiro atoms. The van der Waals surface area contributed by atoms with E-state index in [1.54, 1.807) is 24.3 Å². The molecule has 0 aliphatic rings. The Hall–Kier alpha value is -3.41. The summed E-state index contributed by atoms with van der Waals surface area (Å²) in [5, 5.41) is 29.1. The Morgan fingerprint density at radius 1 is 1.08 bits per heavy atom. The number of hydrogen-bond donors (Lipinski definition) is 4. The van der Waals surface area contributed by atoms with Crippen molar-refractivity contribution in [1.82, 2.24) is 4.98 Å². The molecule has 0 bridgehead atoms. The van der Waals surface area contributed by atoms with Gasteiger partial charge in [0.05, 0.1) is 6.61 Å². The van der Waals surface area contributed by atoms with Crippen LogP contribution in [0.5, 0.6) is 17.2 Å². The molecule has 128 valence electrons. The number of aromatic nitrogens is 1. The van der Waals surface area contributed by atoms with Crippen molar-refractivity contribution in [3.63, 3.8) is 0 Å². The summed E-state index contributed by atoms with van der Waals surface area (Å²) in [5.41, 5.74) is 2.43. The van der Waals surface area contributed by atoms with E-state index >= 15 is 0 Å². The zero-order valence-corrected chi connectivity index (χ0v) is 13.3. The van der Waals surface area contributed by atoms with Crippen LogP contribution >= 0.6 is 0 Å². The van der Waals surface area contributed by atoms with Crippen molar-refractivity contribution in [3.05, 3.63) is 59.8 Å². The van der Waals surface area contributed by atoms with E-state index in [-0.39, 0.29) is 23.9 Å². The van der Waals surface area contributed by atoms with E-state index < -0.39 is 5.97 Å². The Morgan fingerprint density at radius 3 is 2.72 bits per heavy atom. The fourth-order valence-corrected chi connectivity index (χ4v) is 2.49. The predicted octanol–water partition coefficient (Wildman–Crippen LogP) is 3.08. The highest BCUT2D eigenvalue weighted by Crippen LogP contribution is 2.25. The highest BCUT2D eigenvalue weighted by molar-refractivity contribution is 5.87. The molecule has 25 heavy (non-hydrogen) atoms. The average Bonchev–Trinajstić information content (AvgIpc) is 2.98. The topological polar surface area (TPSA) is 103 Å². The van der Waals surface area contributed by atoms with Crippen molar-refractivity contribution in [2.24, 2.45) is 0 Å². The number of hydrogen-bond acceptors (Lipinski definition) is 5. The van der Waals surface area contributed by atoms with E-state index in [0.717, 1.165) is 16.5 Å². The van der Waals surface area contributed by atoms with Gasteiger partial charge in [0, 0.05) is 29.6 Å². The molecule has 0 unspecified atom stereocenters. The number of ether oxygens (including phenoxy) is 1. The third kappa shape index (κ3) is 3.92. The van der Waals surface area contributed by atoms with E-state index in [1.165, 1.54) is 24.3 Å². The maximum absolute atomic E-state index is 11.7. The molecule has 0 fully saturated rings. The molecule has 3 rings (SSSR count). The number of aromatic hydroxyl groups is 3. The van der Waals surface area contributed by atoms with Gasteiger partial charge in [-0.05, 0) is 47.5 Å². The van der Waals surface area contributed by atoms with Crippen LogP contribution in [0.15, 0.2) is 48.7 Å². The largest absolute Gasteiger partial charge is 0.508 e. The first-order valence-corrected chi connectivity index (χ1v) is 7.69. The first-order valence-electron chi connectivity index (χ1n) is 7.69. The van der Waals surface area contributed by atoms with Crippen molar-refractivity contribution >= 4 is 22.9 Å². The van der Waals surface area contributed by atoms with Gasteiger partial charge in [0.1, 0.15) is 5.75 Å². The fourth-order valence-electron chi connectivity index (χ4n) is 2.49. The molecule has 6 nitrogen and oxygen atoms in total. The minimum atomic E-state index is -0.504. The first kappa shape index (κ1) is 16.4. The van der Waals surface area contributed by atoms with E-state index in [1.807, 2.05) is 6.20 Å². The van der Waals surface area contributed by atoms with Gasteiger partial charge < -0.3 is 25.0 Å². The molecule has 2 aromatic carbocycles. The summed E-state index contributed by atoms with van der Waals surface area (Å²) in [5.74, 6) is -0.789. The lowest BCUT2D eigenvalue weighted by Gasteiger charge is -2.02. The molecule has 3 aromatic rings. The van der Waals surface area contributed by atoms with Crippen LogP contribution in [0.25, 0.3) is 17.0 Å². The Morgan fingerprint density at radius 2 is 1.92 bits per heavy atom. The highest BCUT2D eigenvalue weighted by atomic mass is 16.5. The van der Waals surface area contributed by atoms with Gasteiger partial charge in [-0.1, -0.05) is 6.07 Å². The minimum absolute atomic E-state index is 0.186. The maximum atomic E-state index is 11.7. The van der Waals surface area contributed by atoms with Gasteiger partial charge in [0.2, 0.25) is 0 Å². The molecule has 6 heteroatoms. The monoisotopic (exact) mass is 339 g/mol. The summed E-state index contributed by atoms with van der Waals surface area (Å²) in [6.07, 6.45) is 5.09. The number of H-pyrrole nitrogens is 1. The Labute approximate surface area is 143 Å². The molecule has 4 N–H and O–H groups in total. The van der Waals surface area contributed by atoms with Gasteiger partial charge in [-0.2, -0.15) is 0 Å². The lowest BCUT2D eigenvalue weighted by Crippen LogP contribution is -2.04. The fraction of sp³-hybridized carbons (Fsp3) is 0.105. The van der Waals surface area contributed by atoms with Crippen LogP contribution in [-0.4, -0.2) is 32.9 Å². The van der Waals surface area contributed by atoms with Crippen molar-refractivity contribution < 1.29 is 24.9 Å². The molecule has 0 amide bonds. The molecule has 0 saturated carbocycles. The number of phenolic OH excluding ortho intramolecular Hbond substituents is 3. The highest BCUT2D eigenvalue weighted by Gasteiger charge is 2.06. The smallest absolute Gasteiger partial charge is 0.330 e. The van der Waals surface area contributed by atoms with Gasteiger partial charge >= 0.3 is 5.97 Å². The lowest BCUT2D eigenvalue weighted by molar-refractivity contribution is -0.137. The number of carbonyl (C=O) groups is 1. The van der Waals surface area contributed by atoms with Gasteiger partial charge in [0.25, 0.3) is 0 Å². The third-order valence-electron chi connectivity index (χ3n) is 3.78. The number of phenols is 3. The van der Waals surface area contributed by atoms with E-state index in [9.17, 15) is 20.1 Å². The number of rotatable bonds is 5. The average molecular weight is 339 g/mol.